The van der Waals surface area contributed by atoms with E-state index in [-0.39, 0.29) is 23.3 Å². The fraction of sp³-hybridized carbons (Fsp3) is 0.318. The molecule has 1 N–H and O–H groups in total. The number of imide groups is 1. The van der Waals surface area contributed by atoms with Crippen LogP contribution >= 0.6 is 0 Å². The van der Waals surface area contributed by atoms with E-state index in [9.17, 15) is 14.4 Å². The molecule has 0 bridgehead atoms. The van der Waals surface area contributed by atoms with Crippen LogP contribution in [0.3, 0.4) is 0 Å². The van der Waals surface area contributed by atoms with Crippen molar-refractivity contribution >= 4 is 23.4 Å². The number of methoxy groups -OCH3 is 1. The minimum atomic E-state index is -0.383. The largest absolute Gasteiger partial charge is 0.493 e. The van der Waals surface area contributed by atoms with E-state index in [1.165, 1.54) is 24.1 Å². The third kappa shape index (κ3) is 4.08. The van der Waals surface area contributed by atoms with Crippen molar-refractivity contribution in [3.05, 3.63) is 53.1 Å². The lowest BCUT2D eigenvalue weighted by molar-refractivity contribution is 0.0652. The number of hydrogen-bond acceptors (Lipinski definition) is 5. The maximum atomic E-state index is 12.7. The Morgan fingerprint density at radius 2 is 1.76 bits per heavy atom. The van der Waals surface area contributed by atoms with Crippen molar-refractivity contribution in [2.45, 2.75) is 26.7 Å². The van der Waals surface area contributed by atoms with Crippen molar-refractivity contribution in [1.82, 2.24) is 4.90 Å². The number of unbranched alkanes of at least 4 members (excludes halogenated alkanes) is 1. The zero-order chi connectivity index (χ0) is 21.0. The van der Waals surface area contributed by atoms with Gasteiger partial charge in [0.05, 0.1) is 24.8 Å². The van der Waals surface area contributed by atoms with Crippen LogP contribution < -0.4 is 14.8 Å². The second kappa shape index (κ2) is 8.77. The predicted octanol–water partition coefficient (Wildman–Crippen LogP) is 3.74. The third-order valence-electron chi connectivity index (χ3n) is 4.69. The van der Waals surface area contributed by atoms with Gasteiger partial charge in [0.25, 0.3) is 17.7 Å². The molecule has 7 nitrogen and oxygen atoms in total. The molecule has 0 aliphatic carbocycles. The number of rotatable bonds is 8. The van der Waals surface area contributed by atoms with Gasteiger partial charge >= 0.3 is 0 Å². The van der Waals surface area contributed by atoms with Gasteiger partial charge in [0.2, 0.25) is 0 Å². The number of hydrogen-bond donors (Lipinski definition) is 1. The first kappa shape index (κ1) is 20.4. The van der Waals surface area contributed by atoms with Gasteiger partial charge in [-0.3, -0.25) is 19.3 Å². The molecule has 0 aromatic heterocycles. The van der Waals surface area contributed by atoms with Crippen LogP contribution in [-0.2, 0) is 0 Å². The van der Waals surface area contributed by atoms with E-state index >= 15 is 0 Å². The molecule has 2 aromatic carbocycles. The molecule has 3 amide bonds. The monoisotopic (exact) mass is 396 g/mol. The molecule has 0 unspecified atom stereocenters. The molecular weight excluding hydrogens is 372 g/mol. The average molecular weight is 396 g/mol. The third-order valence-corrected chi connectivity index (χ3v) is 4.69. The van der Waals surface area contributed by atoms with Gasteiger partial charge in [-0.1, -0.05) is 13.3 Å². The number of anilines is 1. The molecule has 1 aliphatic rings. The summed E-state index contributed by atoms with van der Waals surface area (Å²) in [5, 5.41) is 2.78. The number of carbonyl (C=O) groups excluding carboxylic acids is 3. The summed E-state index contributed by atoms with van der Waals surface area (Å²) in [6, 6.07) is 9.65. The minimum Gasteiger partial charge on any atom is -0.493 e. The summed E-state index contributed by atoms with van der Waals surface area (Å²) in [5.41, 5.74) is 1.44. The lowest BCUT2D eigenvalue weighted by Gasteiger charge is -2.12. The van der Waals surface area contributed by atoms with Crippen LogP contribution in [-0.4, -0.2) is 42.9 Å². The molecule has 0 radical (unpaired) electrons. The number of benzene rings is 2. The molecular formula is C22H24N2O5. The summed E-state index contributed by atoms with van der Waals surface area (Å²) >= 11 is 0. The highest BCUT2D eigenvalue weighted by atomic mass is 16.5. The van der Waals surface area contributed by atoms with Crippen LogP contribution in [0.25, 0.3) is 0 Å². The lowest BCUT2D eigenvalue weighted by Crippen LogP contribution is -2.30. The standard InChI is InChI=1S/C22H24N2O5/c1-4-6-11-24-21(26)16-9-7-14(12-17(16)22(24)27)20(25)23-15-8-10-18(29-5-2)19(13-15)28-3/h7-10,12-13H,4-6,11H2,1-3H3,(H,23,25). The summed E-state index contributed by atoms with van der Waals surface area (Å²) in [4.78, 5) is 38.9. The van der Waals surface area contributed by atoms with Crippen molar-refractivity contribution in [1.29, 1.82) is 0 Å². The van der Waals surface area contributed by atoms with E-state index in [0.717, 1.165) is 12.8 Å². The van der Waals surface area contributed by atoms with Crippen molar-refractivity contribution in [2.24, 2.45) is 0 Å². The Bertz CT molecular complexity index is 954. The van der Waals surface area contributed by atoms with Gasteiger partial charge in [-0.05, 0) is 43.7 Å². The molecule has 0 spiro atoms. The highest BCUT2D eigenvalue weighted by molar-refractivity contribution is 6.22. The summed E-state index contributed by atoms with van der Waals surface area (Å²) in [6.45, 7) is 4.75. The van der Waals surface area contributed by atoms with Crippen molar-refractivity contribution < 1.29 is 23.9 Å². The minimum absolute atomic E-state index is 0.267. The van der Waals surface area contributed by atoms with E-state index in [1.807, 2.05) is 13.8 Å². The molecule has 0 fully saturated rings. The normalized spacial score (nSPS) is 12.7. The lowest BCUT2D eigenvalue weighted by atomic mass is 10.1. The Labute approximate surface area is 169 Å². The molecule has 3 rings (SSSR count). The Kier molecular flexibility index (Phi) is 6.16. The molecule has 1 aliphatic heterocycles. The highest BCUT2D eigenvalue weighted by Crippen LogP contribution is 2.30. The average Bonchev–Trinajstić information content (AvgIpc) is 2.97. The van der Waals surface area contributed by atoms with E-state index in [4.69, 9.17) is 9.47 Å². The number of nitrogens with one attached hydrogen (secondary N) is 1. The van der Waals surface area contributed by atoms with E-state index in [2.05, 4.69) is 5.32 Å². The molecule has 1 heterocycles. The van der Waals surface area contributed by atoms with Crippen LogP contribution in [0.2, 0.25) is 0 Å². The quantitative estimate of drug-likeness (QED) is 0.687. The molecule has 0 saturated carbocycles. The SMILES string of the molecule is CCCCN1C(=O)c2ccc(C(=O)Nc3ccc(OCC)c(OC)c3)cc2C1=O. The van der Waals surface area contributed by atoms with Crippen LogP contribution in [0.15, 0.2) is 36.4 Å². The van der Waals surface area contributed by atoms with E-state index < -0.39 is 0 Å². The summed E-state index contributed by atoms with van der Waals surface area (Å²) < 4.78 is 10.8. The number of fused-ring (bicyclic) bond motifs is 1. The van der Waals surface area contributed by atoms with Gasteiger partial charge in [0.1, 0.15) is 0 Å². The topological polar surface area (TPSA) is 84.9 Å². The van der Waals surface area contributed by atoms with Crippen LogP contribution in [0.5, 0.6) is 11.5 Å². The Morgan fingerprint density at radius 1 is 1.00 bits per heavy atom. The van der Waals surface area contributed by atoms with E-state index in [0.29, 0.717) is 41.5 Å². The Balaban J connectivity index is 1.79. The number of carbonyl (C=O) groups is 3. The van der Waals surface area contributed by atoms with Crippen LogP contribution in [0.4, 0.5) is 5.69 Å². The van der Waals surface area contributed by atoms with Gasteiger partial charge in [-0.2, -0.15) is 0 Å². The Morgan fingerprint density at radius 3 is 2.45 bits per heavy atom. The fourth-order valence-corrected chi connectivity index (χ4v) is 3.17. The van der Waals surface area contributed by atoms with Crippen molar-refractivity contribution in [2.75, 3.05) is 25.6 Å². The second-order valence-corrected chi connectivity index (χ2v) is 6.63. The first-order valence-electron chi connectivity index (χ1n) is 9.62. The summed E-state index contributed by atoms with van der Waals surface area (Å²) in [6.07, 6.45) is 1.63. The zero-order valence-corrected chi connectivity index (χ0v) is 16.8. The predicted molar refractivity (Wildman–Crippen MR) is 109 cm³/mol. The van der Waals surface area contributed by atoms with Crippen LogP contribution in [0, 0.1) is 0 Å². The zero-order valence-electron chi connectivity index (χ0n) is 16.8. The summed E-state index contributed by atoms with van der Waals surface area (Å²) in [7, 11) is 1.52. The highest BCUT2D eigenvalue weighted by Gasteiger charge is 2.35. The first-order valence-corrected chi connectivity index (χ1v) is 9.62. The van der Waals surface area contributed by atoms with Crippen molar-refractivity contribution in [3.8, 4) is 11.5 Å². The number of ether oxygens (including phenoxy) is 2. The molecule has 152 valence electrons. The van der Waals surface area contributed by atoms with Gasteiger partial charge in [0, 0.05) is 23.9 Å². The second-order valence-electron chi connectivity index (χ2n) is 6.63. The molecule has 0 atom stereocenters. The van der Waals surface area contributed by atoms with E-state index in [1.54, 1.807) is 24.3 Å². The van der Waals surface area contributed by atoms with Gasteiger partial charge in [-0.15, -0.1) is 0 Å². The molecule has 29 heavy (non-hydrogen) atoms. The maximum Gasteiger partial charge on any atom is 0.261 e. The summed E-state index contributed by atoms with van der Waals surface area (Å²) in [5.74, 6) is 0.0523. The van der Waals surface area contributed by atoms with Crippen LogP contribution in [0.1, 0.15) is 57.8 Å². The Hall–Kier alpha value is -3.35. The first-order chi connectivity index (χ1) is 14.0. The number of amides is 3. The van der Waals surface area contributed by atoms with Gasteiger partial charge < -0.3 is 14.8 Å². The molecule has 2 aromatic rings. The molecule has 7 heteroatoms. The fourth-order valence-electron chi connectivity index (χ4n) is 3.17. The molecule has 0 saturated heterocycles. The van der Waals surface area contributed by atoms with Gasteiger partial charge in [-0.25, -0.2) is 0 Å². The maximum absolute atomic E-state index is 12.7. The number of nitrogens with zero attached hydrogens (tertiary/aromatic N) is 1. The van der Waals surface area contributed by atoms with Gasteiger partial charge in [0.15, 0.2) is 11.5 Å². The van der Waals surface area contributed by atoms with Crippen molar-refractivity contribution in [3.63, 3.8) is 0 Å². The smallest absolute Gasteiger partial charge is 0.261 e.